The molecule has 0 aliphatic heterocycles. The molecule has 1 unspecified atom stereocenters. The summed E-state index contributed by atoms with van der Waals surface area (Å²) in [5, 5.41) is 0.116. The van der Waals surface area contributed by atoms with E-state index in [4.69, 9.17) is 5.73 Å². The highest BCUT2D eigenvalue weighted by Crippen LogP contribution is 2.42. The monoisotopic (exact) mass is 329 g/mol. The Morgan fingerprint density at radius 2 is 1.82 bits per heavy atom. The van der Waals surface area contributed by atoms with Gasteiger partial charge in [-0.2, -0.15) is 0 Å². The number of carbonyl (C=O) groups is 1. The summed E-state index contributed by atoms with van der Waals surface area (Å²) < 4.78 is 53.2. The van der Waals surface area contributed by atoms with Crippen molar-refractivity contribution in [2.75, 3.05) is 5.73 Å². The number of carbonyl (C=O) groups excluding carboxylic acids is 1. The van der Waals surface area contributed by atoms with Crippen LogP contribution in [0.25, 0.3) is 0 Å². The van der Waals surface area contributed by atoms with Gasteiger partial charge in [-0.25, -0.2) is 17.6 Å². The smallest absolute Gasteiger partial charge is 0.242 e. The summed E-state index contributed by atoms with van der Waals surface area (Å²) in [6.45, 7) is 0. The Bertz CT molecular complexity index is 736. The molecule has 116 valence electrons. The standard InChI is InChI=1S/C15H11F4NOS/c16-8-2-1-3-9(17)12(8)13(21)11-7-4-6(14(18)19)5-10(7)22-15(11)20/h1-3,6,14H,4-5,20H2. The number of halogens is 4. The van der Waals surface area contributed by atoms with Crippen LogP contribution < -0.4 is 5.73 Å². The normalized spacial score (nSPS) is 17.0. The number of nitrogen functional groups attached to an aromatic ring is 1. The maximum absolute atomic E-state index is 13.8. The van der Waals surface area contributed by atoms with Crippen molar-refractivity contribution in [3.63, 3.8) is 0 Å². The van der Waals surface area contributed by atoms with Gasteiger partial charge in [-0.15, -0.1) is 11.3 Å². The molecule has 1 heterocycles. The minimum absolute atomic E-state index is 0.00214. The summed E-state index contributed by atoms with van der Waals surface area (Å²) in [6, 6.07) is 3.10. The van der Waals surface area contributed by atoms with Crippen LogP contribution >= 0.6 is 11.3 Å². The molecule has 2 nitrogen and oxygen atoms in total. The molecule has 2 N–H and O–H groups in total. The second-order valence-electron chi connectivity index (χ2n) is 5.17. The lowest BCUT2D eigenvalue weighted by atomic mass is 9.98. The Balaban J connectivity index is 2.06. The van der Waals surface area contributed by atoms with Gasteiger partial charge in [0.2, 0.25) is 12.2 Å². The van der Waals surface area contributed by atoms with Crippen LogP contribution in [0.1, 0.15) is 26.4 Å². The van der Waals surface area contributed by atoms with Gasteiger partial charge in [0.1, 0.15) is 11.6 Å². The first-order chi connectivity index (χ1) is 10.4. The van der Waals surface area contributed by atoms with E-state index in [1.54, 1.807) is 0 Å². The van der Waals surface area contributed by atoms with E-state index in [-0.39, 0.29) is 23.4 Å². The van der Waals surface area contributed by atoms with E-state index in [2.05, 4.69) is 0 Å². The van der Waals surface area contributed by atoms with Crippen LogP contribution in [-0.4, -0.2) is 12.2 Å². The van der Waals surface area contributed by atoms with Crippen molar-refractivity contribution in [1.82, 2.24) is 0 Å². The summed E-state index contributed by atoms with van der Waals surface area (Å²) in [5.74, 6) is -3.75. The highest BCUT2D eigenvalue weighted by Gasteiger charge is 2.36. The molecule has 3 rings (SSSR count). The molecule has 7 heteroatoms. The van der Waals surface area contributed by atoms with Crippen molar-refractivity contribution in [2.45, 2.75) is 19.3 Å². The zero-order valence-corrected chi connectivity index (χ0v) is 12.0. The first-order valence-corrected chi connectivity index (χ1v) is 7.38. The summed E-state index contributed by atoms with van der Waals surface area (Å²) in [5.41, 5.74) is 5.45. The number of ketones is 1. The van der Waals surface area contributed by atoms with E-state index in [0.29, 0.717) is 10.4 Å². The number of thiophene rings is 1. The lowest BCUT2D eigenvalue weighted by Gasteiger charge is -2.09. The van der Waals surface area contributed by atoms with Crippen molar-refractivity contribution in [2.24, 2.45) is 5.92 Å². The molecule has 0 amide bonds. The van der Waals surface area contributed by atoms with Crippen molar-refractivity contribution in [3.8, 4) is 0 Å². The molecule has 0 spiro atoms. The van der Waals surface area contributed by atoms with Gasteiger partial charge >= 0.3 is 0 Å². The van der Waals surface area contributed by atoms with Crippen LogP contribution in [0, 0.1) is 17.6 Å². The van der Waals surface area contributed by atoms with Crippen LogP contribution in [0.15, 0.2) is 18.2 Å². The first kappa shape index (κ1) is 15.0. The molecule has 1 aromatic carbocycles. The largest absolute Gasteiger partial charge is 0.390 e. The Labute approximate surface area is 127 Å². The van der Waals surface area contributed by atoms with E-state index in [1.165, 1.54) is 0 Å². The zero-order chi connectivity index (χ0) is 16.0. The molecule has 1 aromatic heterocycles. The lowest BCUT2D eigenvalue weighted by Crippen LogP contribution is -2.13. The number of fused-ring (bicyclic) bond motifs is 1. The average Bonchev–Trinajstić information content (AvgIpc) is 2.94. The number of hydrogen-bond acceptors (Lipinski definition) is 3. The van der Waals surface area contributed by atoms with Gasteiger partial charge in [0.25, 0.3) is 0 Å². The fraction of sp³-hybridized carbons (Fsp3) is 0.267. The first-order valence-electron chi connectivity index (χ1n) is 6.57. The average molecular weight is 329 g/mol. The van der Waals surface area contributed by atoms with E-state index in [9.17, 15) is 22.4 Å². The zero-order valence-electron chi connectivity index (χ0n) is 11.2. The van der Waals surface area contributed by atoms with E-state index >= 15 is 0 Å². The molecule has 1 aliphatic rings. The maximum atomic E-state index is 13.8. The van der Waals surface area contributed by atoms with Gasteiger partial charge in [0.05, 0.1) is 16.1 Å². The number of nitrogens with two attached hydrogens (primary N) is 1. The number of rotatable bonds is 3. The fourth-order valence-electron chi connectivity index (χ4n) is 2.75. The molecule has 0 fully saturated rings. The highest BCUT2D eigenvalue weighted by molar-refractivity contribution is 7.16. The topological polar surface area (TPSA) is 43.1 Å². The Kier molecular flexibility index (Phi) is 3.68. The quantitative estimate of drug-likeness (QED) is 0.687. The fourth-order valence-corrected chi connectivity index (χ4v) is 3.94. The van der Waals surface area contributed by atoms with Gasteiger partial charge in [-0.1, -0.05) is 6.07 Å². The molecule has 0 bridgehead atoms. The minimum atomic E-state index is -2.51. The SMILES string of the molecule is Nc1sc2c(c1C(=O)c1c(F)cccc1F)CC(C(F)F)C2. The number of alkyl halides is 2. The van der Waals surface area contributed by atoms with Crippen LogP contribution in [0.3, 0.4) is 0 Å². The third-order valence-electron chi connectivity index (χ3n) is 3.81. The minimum Gasteiger partial charge on any atom is -0.390 e. The van der Waals surface area contributed by atoms with Crippen molar-refractivity contribution >= 4 is 22.1 Å². The van der Waals surface area contributed by atoms with Crippen LogP contribution in [0.4, 0.5) is 22.6 Å². The molecule has 2 aromatic rings. The van der Waals surface area contributed by atoms with Crippen molar-refractivity contribution < 1.29 is 22.4 Å². The molecule has 0 saturated heterocycles. The molecule has 22 heavy (non-hydrogen) atoms. The molecule has 1 aliphatic carbocycles. The molecule has 0 saturated carbocycles. The van der Waals surface area contributed by atoms with Gasteiger partial charge in [0, 0.05) is 10.8 Å². The summed E-state index contributed by atoms with van der Waals surface area (Å²) in [4.78, 5) is 13.1. The maximum Gasteiger partial charge on any atom is 0.242 e. The third kappa shape index (κ3) is 2.29. The van der Waals surface area contributed by atoms with Gasteiger partial charge in [-0.3, -0.25) is 4.79 Å². The van der Waals surface area contributed by atoms with Gasteiger partial charge < -0.3 is 5.73 Å². The van der Waals surface area contributed by atoms with E-state index < -0.39 is 35.3 Å². The number of hydrogen-bond donors (Lipinski definition) is 1. The molecule has 1 atom stereocenters. The molecular formula is C15H11F4NOS. The second-order valence-corrected chi connectivity index (χ2v) is 6.31. The number of anilines is 1. The third-order valence-corrected chi connectivity index (χ3v) is 4.89. The predicted molar refractivity (Wildman–Crippen MR) is 75.4 cm³/mol. The van der Waals surface area contributed by atoms with Crippen molar-refractivity contribution in [3.05, 3.63) is 51.4 Å². The Morgan fingerprint density at radius 3 is 2.41 bits per heavy atom. The predicted octanol–water partition coefficient (Wildman–Crippen LogP) is 3.82. The number of benzene rings is 1. The van der Waals surface area contributed by atoms with Gasteiger partial charge in [0.15, 0.2) is 0 Å². The van der Waals surface area contributed by atoms with E-state index in [0.717, 1.165) is 29.5 Å². The summed E-state index contributed by atoms with van der Waals surface area (Å²) in [6.07, 6.45) is -2.37. The Morgan fingerprint density at radius 1 is 1.18 bits per heavy atom. The van der Waals surface area contributed by atoms with Crippen LogP contribution in [0.2, 0.25) is 0 Å². The summed E-state index contributed by atoms with van der Waals surface area (Å²) >= 11 is 1.04. The van der Waals surface area contributed by atoms with E-state index in [1.807, 2.05) is 0 Å². The lowest BCUT2D eigenvalue weighted by molar-refractivity contribution is 0.0823. The second kappa shape index (κ2) is 5.39. The van der Waals surface area contributed by atoms with Gasteiger partial charge in [-0.05, 0) is 30.5 Å². The van der Waals surface area contributed by atoms with Crippen LogP contribution in [-0.2, 0) is 12.8 Å². The molecular weight excluding hydrogens is 318 g/mol. The summed E-state index contributed by atoms with van der Waals surface area (Å²) in [7, 11) is 0. The highest BCUT2D eigenvalue weighted by atomic mass is 32.1. The van der Waals surface area contributed by atoms with Crippen molar-refractivity contribution in [1.29, 1.82) is 0 Å². The molecule has 0 radical (unpaired) electrons. The Hall–Kier alpha value is -1.89. The van der Waals surface area contributed by atoms with Crippen LogP contribution in [0.5, 0.6) is 0 Å².